The number of nitrogens with one attached hydrogen (secondary N) is 1. The number of piperazine rings is 1. The Kier molecular flexibility index (Phi) is 5.65. The van der Waals surface area contributed by atoms with Crippen molar-refractivity contribution in [3.05, 3.63) is 40.0 Å². The van der Waals surface area contributed by atoms with Gasteiger partial charge in [0.25, 0.3) is 0 Å². The molecule has 1 fully saturated rings. The molecule has 1 atom stereocenters. The number of aromatic nitrogens is 3. The molecule has 150 valence electrons. The zero-order chi connectivity index (χ0) is 20.6. The minimum absolute atomic E-state index is 0.0139. The number of anilines is 1. The first-order chi connectivity index (χ1) is 13.2. The largest absolute Gasteiger partial charge is 0.355 e. The van der Waals surface area contributed by atoms with Crippen LogP contribution in [0.25, 0.3) is 0 Å². The van der Waals surface area contributed by atoms with E-state index >= 15 is 0 Å². The van der Waals surface area contributed by atoms with Crippen LogP contribution in [0.15, 0.2) is 6.07 Å². The summed E-state index contributed by atoms with van der Waals surface area (Å²) >= 11 is 0. The van der Waals surface area contributed by atoms with Crippen molar-refractivity contribution in [1.29, 1.82) is 0 Å². The third kappa shape index (κ3) is 3.85. The van der Waals surface area contributed by atoms with Crippen LogP contribution < -0.4 is 4.90 Å². The Bertz CT molecular complexity index is 890. The summed E-state index contributed by atoms with van der Waals surface area (Å²) in [5, 5.41) is 0. The second-order valence-electron chi connectivity index (χ2n) is 7.70. The van der Waals surface area contributed by atoms with Gasteiger partial charge < -0.3 is 9.88 Å². The van der Waals surface area contributed by atoms with E-state index in [1.54, 1.807) is 0 Å². The van der Waals surface area contributed by atoms with E-state index in [9.17, 15) is 9.59 Å². The van der Waals surface area contributed by atoms with Crippen LogP contribution in [0.2, 0.25) is 0 Å². The van der Waals surface area contributed by atoms with Gasteiger partial charge in [-0.15, -0.1) is 0 Å². The highest BCUT2D eigenvalue weighted by Gasteiger charge is 2.30. The van der Waals surface area contributed by atoms with E-state index in [0.717, 1.165) is 54.8 Å². The standard InChI is InChI=1S/C21H29N5O2/c1-12-11-13(2)23-21(22-12)26-9-7-25(8-10-26)16(5)20(28)19-14(3)18(17(6)27)15(4)24-19/h11,16,24H,7-10H2,1-6H3/t16-/m0/s1. The van der Waals surface area contributed by atoms with E-state index in [1.807, 2.05) is 40.7 Å². The van der Waals surface area contributed by atoms with Crippen LogP contribution in [-0.4, -0.2) is 63.6 Å². The van der Waals surface area contributed by atoms with E-state index in [-0.39, 0.29) is 17.6 Å². The Hall–Kier alpha value is -2.54. The van der Waals surface area contributed by atoms with Crippen LogP contribution in [0.4, 0.5) is 5.95 Å². The van der Waals surface area contributed by atoms with Gasteiger partial charge in [0, 0.05) is 48.8 Å². The molecule has 7 nitrogen and oxygen atoms in total. The third-order valence-electron chi connectivity index (χ3n) is 5.53. The molecule has 0 saturated carbocycles. The number of carbonyl (C=O) groups excluding carboxylic acids is 2. The Balaban J connectivity index is 1.70. The van der Waals surface area contributed by atoms with E-state index in [0.29, 0.717) is 11.3 Å². The van der Waals surface area contributed by atoms with Crippen molar-refractivity contribution in [3.8, 4) is 0 Å². The first-order valence-electron chi connectivity index (χ1n) is 9.74. The fourth-order valence-corrected chi connectivity index (χ4v) is 4.06. The summed E-state index contributed by atoms with van der Waals surface area (Å²) in [5.41, 5.74) is 4.63. The summed E-state index contributed by atoms with van der Waals surface area (Å²) in [5.74, 6) is 0.780. The number of carbonyl (C=O) groups is 2. The average Bonchev–Trinajstić information content (AvgIpc) is 2.94. The summed E-state index contributed by atoms with van der Waals surface area (Å²) in [6.45, 7) is 14.2. The molecule has 0 aromatic carbocycles. The summed E-state index contributed by atoms with van der Waals surface area (Å²) in [6.07, 6.45) is 0. The monoisotopic (exact) mass is 383 g/mol. The van der Waals surface area contributed by atoms with E-state index in [1.165, 1.54) is 6.92 Å². The normalized spacial score (nSPS) is 16.3. The number of Topliss-reactive ketones (excluding diaryl/α,β-unsaturated/α-hetero) is 2. The van der Waals surface area contributed by atoms with Crippen LogP contribution in [0, 0.1) is 27.7 Å². The van der Waals surface area contributed by atoms with Crippen LogP contribution in [0.1, 0.15) is 57.3 Å². The predicted octanol–water partition coefficient (Wildman–Crippen LogP) is 2.63. The zero-order valence-electron chi connectivity index (χ0n) is 17.6. The molecule has 3 heterocycles. The summed E-state index contributed by atoms with van der Waals surface area (Å²) in [7, 11) is 0. The van der Waals surface area contributed by atoms with Gasteiger partial charge in [-0.2, -0.15) is 0 Å². The Morgan fingerprint density at radius 3 is 2.11 bits per heavy atom. The number of nitrogens with zero attached hydrogens (tertiary/aromatic N) is 4. The van der Waals surface area contributed by atoms with Gasteiger partial charge in [-0.25, -0.2) is 9.97 Å². The number of H-pyrrole nitrogens is 1. The average molecular weight is 383 g/mol. The third-order valence-corrected chi connectivity index (χ3v) is 5.53. The molecular weight excluding hydrogens is 354 g/mol. The summed E-state index contributed by atoms with van der Waals surface area (Å²) in [6, 6.07) is 1.72. The molecule has 1 N–H and O–H groups in total. The van der Waals surface area contributed by atoms with Crippen molar-refractivity contribution in [2.45, 2.75) is 47.6 Å². The lowest BCUT2D eigenvalue weighted by atomic mass is 10.0. The van der Waals surface area contributed by atoms with Gasteiger partial charge in [0.2, 0.25) is 5.95 Å². The zero-order valence-corrected chi connectivity index (χ0v) is 17.6. The molecular formula is C21H29N5O2. The van der Waals surface area contributed by atoms with Crippen LogP contribution in [-0.2, 0) is 0 Å². The first-order valence-corrected chi connectivity index (χ1v) is 9.74. The maximum absolute atomic E-state index is 13.1. The lowest BCUT2D eigenvalue weighted by molar-refractivity contribution is 0.0824. The fourth-order valence-electron chi connectivity index (χ4n) is 4.06. The Labute approximate surface area is 166 Å². The molecule has 0 bridgehead atoms. The molecule has 7 heteroatoms. The number of hydrogen-bond donors (Lipinski definition) is 1. The van der Waals surface area contributed by atoms with Crippen LogP contribution >= 0.6 is 0 Å². The lowest BCUT2D eigenvalue weighted by Gasteiger charge is -2.37. The highest BCUT2D eigenvalue weighted by Crippen LogP contribution is 2.22. The van der Waals surface area contributed by atoms with Crippen molar-refractivity contribution < 1.29 is 9.59 Å². The van der Waals surface area contributed by atoms with E-state index in [2.05, 4.69) is 24.8 Å². The molecule has 1 aliphatic heterocycles. The number of aryl methyl sites for hydroxylation is 3. The smallest absolute Gasteiger partial charge is 0.225 e. The molecule has 1 aliphatic rings. The van der Waals surface area contributed by atoms with Crippen molar-refractivity contribution in [3.63, 3.8) is 0 Å². The van der Waals surface area contributed by atoms with Crippen LogP contribution in [0.3, 0.4) is 0 Å². The molecule has 0 radical (unpaired) electrons. The quantitative estimate of drug-likeness (QED) is 0.800. The van der Waals surface area contributed by atoms with Gasteiger partial charge in [0.05, 0.1) is 11.7 Å². The number of rotatable bonds is 5. The van der Waals surface area contributed by atoms with E-state index in [4.69, 9.17) is 0 Å². The van der Waals surface area contributed by atoms with Gasteiger partial charge in [-0.1, -0.05) is 0 Å². The summed E-state index contributed by atoms with van der Waals surface area (Å²) < 4.78 is 0. The summed E-state index contributed by atoms with van der Waals surface area (Å²) in [4.78, 5) is 41.5. The lowest BCUT2D eigenvalue weighted by Crippen LogP contribution is -2.52. The maximum atomic E-state index is 13.1. The van der Waals surface area contributed by atoms with Crippen molar-refractivity contribution in [2.75, 3.05) is 31.1 Å². The minimum atomic E-state index is -0.251. The topological polar surface area (TPSA) is 82.2 Å². The molecule has 0 unspecified atom stereocenters. The van der Waals surface area contributed by atoms with Crippen molar-refractivity contribution in [1.82, 2.24) is 19.9 Å². The minimum Gasteiger partial charge on any atom is -0.355 e. The van der Waals surface area contributed by atoms with Crippen molar-refractivity contribution in [2.24, 2.45) is 0 Å². The van der Waals surface area contributed by atoms with Gasteiger partial charge in [0.15, 0.2) is 11.6 Å². The molecule has 0 spiro atoms. The Morgan fingerprint density at radius 1 is 1.04 bits per heavy atom. The van der Waals surface area contributed by atoms with E-state index < -0.39 is 0 Å². The second kappa shape index (κ2) is 7.83. The molecule has 3 rings (SSSR count). The highest BCUT2D eigenvalue weighted by atomic mass is 16.1. The number of ketones is 2. The van der Waals surface area contributed by atoms with Gasteiger partial charge in [-0.05, 0) is 53.2 Å². The van der Waals surface area contributed by atoms with Crippen LogP contribution in [0.5, 0.6) is 0 Å². The molecule has 0 amide bonds. The highest BCUT2D eigenvalue weighted by molar-refractivity contribution is 6.05. The predicted molar refractivity (Wildman–Crippen MR) is 109 cm³/mol. The molecule has 28 heavy (non-hydrogen) atoms. The number of hydrogen-bond acceptors (Lipinski definition) is 6. The first kappa shape index (κ1) is 20.2. The van der Waals surface area contributed by atoms with Crippen molar-refractivity contribution >= 4 is 17.5 Å². The Morgan fingerprint density at radius 2 is 1.61 bits per heavy atom. The molecule has 2 aromatic rings. The molecule has 1 saturated heterocycles. The number of aromatic amines is 1. The molecule has 0 aliphatic carbocycles. The van der Waals surface area contributed by atoms with Gasteiger partial charge in [-0.3, -0.25) is 14.5 Å². The SMILES string of the molecule is CC(=O)c1c(C)[nH]c(C(=O)[C@H](C)N2CCN(c3nc(C)cc(C)n3)CC2)c1C. The maximum Gasteiger partial charge on any atom is 0.225 e. The fraction of sp³-hybridized carbons (Fsp3) is 0.524. The second-order valence-corrected chi connectivity index (χ2v) is 7.70. The molecule has 2 aromatic heterocycles. The van der Waals surface area contributed by atoms with Gasteiger partial charge >= 0.3 is 0 Å². The van der Waals surface area contributed by atoms with Gasteiger partial charge in [0.1, 0.15) is 0 Å².